The molecule has 2 nitrogen and oxygen atoms in total. The van der Waals surface area contributed by atoms with E-state index in [2.05, 4.69) is 31.9 Å². The molecule has 0 heterocycles. The Balaban J connectivity index is 2.68. The number of ketones is 1. The molecule has 0 amide bonds. The second kappa shape index (κ2) is 5.66. The van der Waals surface area contributed by atoms with Crippen LogP contribution >= 0.6 is 31.9 Å². The molecule has 1 aromatic rings. The van der Waals surface area contributed by atoms with Crippen LogP contribution in [0.25, 0.3) is 0 Å². The van der Waals surface area contributed by atoms with Gasteiger partial charge in [-0.05, 0) is 48.0 Å². The maximum atomic E-state index is 10.9. The van der Waals surface area contributed by atoms with Gasteiger partial charge in [-0.1, -0.05) is 15.9 Å². The van der Waals surface area contributed by atoms with Crippen LogP contribution < -0.4 is 4.74 Å². The number of hydrogen-bond donors (Lipinski definition) is 0. The molecule has 82 valence electrons. The van der Waals surface area contributed by atoms with Crippen molar-refractivity contribution in [2.45, 2.75) is 26.4 Å². The van der Waals surface area contributed by atoms with Gasteiger partial charge in [0.2, 0.25) is 0 Å². The molecule has 0 N–H and O–H groups in total. The highest BCUT2D eigenvalue weighted by Crippen LogP contribution is 2.29. The summed E-state index contributed by atoms with van der Waals surface area (Å²) in [6.45, 7) is 3.45. The molecular weight excluding hydrogens is 324 g/mol. The summed E-state index contributed by atoms with van der Waals surface area (Å²) in [5.41, 5.74) is 0. The molecule has 0 aromatic heterocycles. The van der Waals surface area contributed by atoms with Crippen molar-refractivity contribution in [3.63, 3.8) is 0 Å². The third-order valence-electron chi connectivity index (χ3n) is 1.80. The van der Waals surface area contributed by atoms with Gasteiger partial charge in [0.15, 0.2) is 0 Å². The molecule has 1 rings (SSSR count). The molecule has 1 atom stereocenters. The lowest BCUT2D eigenvalue weighted by Gasteiger charge is -2.14. The van der Waals surface area contributed by atoms with Gasteiger partial charge in [0.1, 0.15) is 17.6 Å². The van der Waals surface area contributed by atoms with E-state index in [9.17, 15) is 4.79 Å². The van der Waals surface area contributed by atoms with Crippen molar-refractivity contribution < 1.29 is 9.53 Å². The van der Waals surface area contributed by atoms with Crippen LogP contribution in [0.4, 0.5) is 0 Å². The molecule has 1 aromatic carbocycles. The number of hydrogen-bond acceptors (Lipinski definition) is 2. The first-order chi connectivity index (χ1) is 6.99. The van der Waals surface area contributed by atoms with Gasteiger partial charge in [-0.2, -0.15) is 0 Å². The van der Waals surface area contributed by atoms with E-state index < -0.39 is 0 Å². The first-order valence-electron chi connectivity index (χ1n) is 4.60. The van der Waals surface area contributed by atoms with E-state index in [0.29, 0.717) is 6.42 Å². The maximum absolute atomic E-state index is 10.9. The van der Waals surface area contributed by atoms with Crippen molar-refractivity contribution in [2.24, 2.45) is 0 Å². The van der Waals surface area contributed by atoms with Crippen molar-refractivity contribution >= 4 is 37.6 Å². The van der Waals surface area contributed by atoms with Crippen LogP contribution in [-0.2, 0) is 4.79 Å². The second-order valence-corrected chi connectivity index (χ2v) is 5.18. The highest BCUT2D eigenvalue weighted by atomic mass is 79.9. The summed E-state index contributed by atoms with van der Waals surface area (Å²) in [6.07, 6.45) is 0.336. The fraction of sp³-hybridized carbons (Fsp3) is 0.364. The third-order valence-corrected chi connectivity index (χ3v) is 2.91. The van der Waals surface area contributed by atoms with Gasteiger partial charge in [-0.3, -0.25) is 4.79 Å². The Hall–Kier alpha value is -0.350. The van der Waals surface area contributed by atoms with Gasteiger partial charge >= 0.3 is 0 Å². The Morgan fingerprint density at radius 2 is 2.13 bits per heavy atom. The molecule has 0 saturated carbocycles. The predicted octanol–water partition coefficient (Wildman–Crippen LogP) is 3.96. The lowest BCUT2D eigenvalue weighted by molar-refractivity contribution is -0.118. The number of benzene rings is 1. The van der Waals surface area contributed by atoms with Gasteiger partial charge in [-0.15, -0.1) is 0 Å². The molecule has 0 spiro atoms. The van der Waals surface area contributed by atoms with Crippen LogP contribution in [0.3, 0.4) is 0 Å². The third kappa shape index (κ3) is 4.34. The van der Waals surface area contributed by atoms with Crippen LogP contribution in [0.5, 0.6) is 5.75 Å². The minimum atomic E-state index is -0.0972. The van der Waals surface area contributed by atoms with Gasteiger partial charge in [0.05, 0.1) is 4.47 Å². The predicted molar refractivity (Wildman–Crippen MR) is 67.2 cm³/mol. The molecule has 0 bridgehead atoms. The SMILES string of the molecule is CC(=O)CC(C)Oc1ccc(Br)cc1Br. The van der Waals surface area contributed by atoms with E-state index in [1.54, 1.807) is 6.92 Å². The standard InChI is InChI=1S/C11H12Br2O2/c1-7(14)5-8(2)15-11-4-3-9(12)6-10(11)13/h3-4,6,8H,5H2,1-2H3. The van der Waals surface area contributed by atoms with E-state index in [-0.39, 0.29) is 11.9 Å². The van der Waals surface area contributed by atoms with Crippen molar-refractivity contribution in [2.75, 3.05) is 0 Å². The summed E-state index contributed by atoms with van der Waals surface area (Å²) in [5, 5.41) is 0. The molecule has 0 aliphatic heterocycles. The Morgan fingerprint density at radius 3 is 2.67 bits per heavy atom. The van der Waals surface area contributed by atoms with Gasteiger partial charge in [0.25, 0.3) is 0 Å². The van der Waals surface area contributed by atoms with Crippen LogP contribution in [0, 0.1) is 0 Å². The first kappa shape index (κ1) is 12.7. The molecule has 0 aliphatic rings. The molecule has 15 heavy (non-hydrogen) atoms. The summed E-state index contributed by atoms with van der Waals surface area (Å²) in [5.74, 6) is 0.891. The number of halogens is 2. The largest absolute Gasteiger partial charge is 0.489 e. The average molecular weight is 336 g/mol. The number of carbonyl (C=O) groups is 1. The molecule has 1 unspecified atom stereocenters. The van der Waals surface area contributed by atoms with Gasteiger partial charge in [0, 0.05) is 10.9 Å². The minimum absolute atomic E-state index is 0.0972. The molecule has 0 saturated heterocycles. The van der Waals surface area contributed by atoms with E-state index >= 15 is 0 Å². The summed E-state index contributed by atoms with van der Waals surface area (Å²) >= 11 is 6.77. The Bertz CT molecular complexity index is 364. The monoisotopic (exact) mass is 334 g/mol. The number of carbonyl (C=O) groups excluding carboxylic acids is 1. The Kier molecular flexibility index (Phi) is 4.80. The number of rotatable bonds is 4. The van der Waals surface area contributed by atoms with E-state index in [4.69, 9.17) is 4.74 Å². The van der Waals surface area contributed by atoms with Crippen LogP contribution in [0.15, 0.2) is 27.1 Å². The van der Waals surface area contributed by atoms with E-state index in [1.165, 1.54) is 0 Å². The van der Waals surface area contributed by atoms with Gasteiger partial charge < -0.3 is 4.74 Å². The second-order valence-electron chi connectivity index (χ2n) is 3.41. The fourth-order valence-electron chi connectivity index (χ4n) is 1.23. The zero-order valence-corrected chi connectivity index (χ0v) is 11.8. The highest BCUT2D eigenvalue weighted by Gasteiger charge is 2.09. The van der Waals surface area contributed by atoms with Crippen LogP contribution in [0.2, 0.25) is 0 Å². The lowest BCUT2D eigenvalue weighted by Crippen LogP contribution is -2.15. The summed E-state index contributed by atoms with van der Waals surface area (Å²) in [7, 11) is 0. The van der Waals surface area contributed by atoms with Crippen LogP contribution in [0.1, 0.15) is 20.3 Å². The molecular formula is C11H12Br2O2. The van der Waals surface area contributed by atoms with Crippen molar-refractivity contribution in [1.82, 2.24) is 0 Å². The lowest BCUT2D eigenvalue weighted by atomic mass is 10.2. The van der Waals surface area contributed by atoms with E-state index in [0.717, 1.165) is 14.7 Å². The summed E-state index contributed by atoms with van der Waals surface area (Å²) in [4.78, 5) is 10.9. The zero-order valence-electron chi connectivity index (χ0n) is 8.59. The highest BCUT2D eigenvalue weighted by molar-refractivity contribution is 9.11. The van der Waals surface area contributed by atoms with E-state index in [1.807, 2.05) is 25.1 Å². The Labute approximate surface area is 106 Å². The van der Waals surface area contributed by atoms with Crippen LogP contribution in [-0.4, -0.2) is 11.9 Å². The number of Topliss-reactive ketones (excluding diaryl/α,β-unsaturated/α-hetero) is 1. The van der Waals surface area contributed by atoms with Crippen molar-refractivity contribution in [1.29, 1.82) is 0 Å². The van der Waals surface area contributed by atoms with Crippen molar-refractivity contribution in [3.05, 3.63) is 27.1 Å². The zero-order chi connectivity index (χ0) is 11.4. The molecule has 0 fully saturated rings. The fourth-order valence-corrected chi connectivity index (χ4v) is 2.37. The smallest absolute Gasteiger partial charge is 0.133 e. The maximum Gasteiger partial charge on any atom is 0.133 e. The number of ether oxygens (including phenoxy) is 1. The quantitative estimate of drug-likeness (QED) is 0.832. The molecule has 0 radical (unpaired) electrons. The summed E-state index contributed by atoms with van der Waals surface area (Å²) in [6, 6.07) is 5.68. The van der Waals surface area contributed by atoms with Crippen molar-refractivity contribution in [3.8, 4) is 5.75 Å². The van der Waals surface area contributed by atoms with Gasteiger partial charge in [-0.25, -0.2) is 0 Å². The first-order valence-corrected chi connectivity index (χ1v) is 6.19. The summed E-state index contributed by atoms with van der Waals surface area (Å²) < 4.78 is 7.49. The minimum Gasteiger partial charge on any atom is -0.489 e. The Morgan fingerprint density at radius 1 is 1.47 bits per heavy atom. The average Bonchev–Trinajstić information content (AvgIpc) is 2.08. The normalized spacial score (nSPS) is 12.3. The molecule has 0 aliphatic carbocycles. The topological polar surface area (TPSA) is 26.3 Å². The molecule has 4 heteroatoms.